The lowest BCUT2D eigenvalue weighted by Crippen LogP contribution is -2.50. The summed E-state index contributed by atoms with van der Waals surface area (Å²) in [7, 11) is 0. The van der Waals surface area contributed by atoms with Gasteiger partial charge in [-0.25, -0.2) is 0 Å². The molecule has 0 aromatic heterocycles. The lowest BCUT2D eigenvalue weighted by molar-refractivity contribution is -0.424. The van der Waals surface area contributed by atoms with Crippen LogP contribution in [0.2, 0.25) is 0 Å². The minimum Gasteiger partial charge on any atom is -0.363 e. The Bertz CT molecular complexity index is 358. The average Bonchev–Trinajstić information content (AvgIpc) is 2.67. The molecule has 2 rings (SSSR count). The van der Waals surface area contributed by atoms with Crippen LogP contribution in [0.1, 0.15) is 40.0 Å². The van der Waals surface area contributed by atoms with Crippen LogP contribution >= 0.6 is 22.6 Å². The molecule has 0 aliphatic carbocycles. The molecule has 0 aromatic carbocycles. The molecule has 2 heterocycles. The SMILES string of the molecule is CC(=O)CC[C@]12C[C@H](CI)O[C@@]1(C)OO[C@]2(C)O. The summed E-state index contributed by atoms with van der Waals surface area (Å²) < 4.78 is 6.68. The Kier molecular flexibility index (Phi) is 3.79. The van der Waals surface area contributed by atoms with E-state index in [0.29, 0.717) is 19.3 Å². The van der Waals surface area contributed by atoms with E-state index in [1.54, 1.807) is 20.8 Å². The van der Waals surface area contributed by atoms with Crippen molar-refractivity contribution in [2.24, 2.45) is 5.41 Å². The zero-order valence-electron chi connectivity index (χ0n) is 10.9. The fourth-order valence-corrected chi connectivity index (χ4v) is 3.52. The van der Waals surface area contributed by atoms with Crippen molar-refractivity contribution in [3.63, 3.8) is 0 Å². The second kappa shape index (κ2) is 4.66. The van der Waals surface area contributed by atoms with Crippen molar-refractivity contribution < 1.29 is 24.4 Å². The van der Waals surface area contributed by atoms with E-state index in [1.165, 1.54) is 0 Å². The molecule has 2 saturated heterocycles. The number of carbonyl (C=O) groups is 1. The Balaban J connectivity index is 2.31. The van der Waals surface area contributed by atoms with E-state index in [1.807, 2.05) is 0 Å². The van der Waals surface area contributed by atoms with Gasteiger partial charge in [0.15, 0.2) is 0 Å². The normalized spacial score (nSPS) is 47.3. The predicted octanol–water partition coefficient (Wildman–Crippen LogP) is 1.95. The van der Waals surface area contributed by atoms with Gasteiger partial charge in [-0.3, -0.25) is 0 Å². The summed E-state index contributed by atoms with van der Waals surface area (Å²) in [6, 6.07) is 0. The number of Topliss-reactive ketones (excluding diaryl/α,β-unsaturated/α-hetero) is 1. The maximum atomic E-state index is 11.2. The fraction of sp³-hybridized carbons (Fsp3) is 0.917. The number of halogens is 1. The molecule has 0 aromatic rings. The van der Waals surface area contributed by atoms with Crippen molar-refractivity contribution in [2.75, 3.05) is 4.43 Å². The smallest absolute Gasteiger partial charge is 0.210 e. The van der Waals surface area contributed by atoms with Crippen LogP contribution in [-0.4, -0.2) is 33.0 Å². The highest BCUT2D eigenvalue weighted by Crippen LogP contribution is 2.61. The van der Waals surface area contributed by atoms with E-state index < -0.39 is 17.0 Å². The van der Waals surface area contributed by atoms with Crippen molar-refractivity contribution in [2.45, 2.75) is 57.7 Å². The molecule has 104 valence electrons. The molecule has 1 N–H and O–H groups in total. The van der Waals surface area contributed by atoms with Gasteiger partial charge in [-0.2, -0.15) is 9.78 Å². The summed E-state index contributed by atoms with van der Waals surface area (Å²) in [5, 5.41) is 10.5. The van der Waals surface area contributed by atoms with Gasteiger partial charge in [0.05, 0.1) is 11.5 Å². The number of ketones is 1. The number of ether oxygens (including phenoxy) is 1. The first-order valence-electron chi connectivity index (χ1n) is 6.09. The molecular formula is C12H19IO5. The molecule has 0 bridgehead atoms. The van der Waals surface area contributed by atoms with Gasteiger partial charge in [-0.1, -0.05) is 22.6 Å². The van der Waals surface area contributed by atoms with Gasteiger partial charge in [-0.15, -0.1) is 0 Å². The van der Waals surface area contributed by atoms with Gasteiger partial charge in [0.25, 0.3) is 0 Å². The summed E-state index contributed by atoms with van der Waals surface area (Å²) in [6.07, 6.45) is 1.53. The van der Waals surface area contributed by atoms with Gasteiger partial charge in [0.1, 0.15) is 5.78 Å². The van der Waals surface area contributed by atoms with Crippen molar-refractivity contribution in [3.05, 3.63) is 0 Å². The predicted molar refractivity (Wildman–Crippen MR) is 71.9 cm³/mol. The van der Waals surface area contributed by atoms with Crippen LogP contribution in [0.25, 0.3) is 0 Å². The summed E-state index contributed by atoms with van der Waals surface area (Å²) in [5.41, 5.74) is -0.693. The first-order valence-corrected chi connectivity index (χ1v) is 7.61. The maximum absolute atomic E-state index is 11.2. The van der Waals surface area contributed by atoms with Crippen LogP contribution in [0.5, 0.6) is 0 Å². The van der Waals surface area contributed by atoms with Crippen molar-refractivity contribution >= 4 is 28.4 Å². The average molecular weight is 370 g/mol. The first-order chi connectivity index (χ1) is 8.26. The molecule has 0 amide bonds. The summed E-state index contributed by atoms with van der Waals surface area (Å²) in [5.74, 6) is -2.33. The van der Waals surface area contributed by atoms with E-state index >= 15 is 0 Å². The van der Waals surface area contributed by atoms with Crippen LogP contribution in [0.4, 0.5) is 0 Å². The zero-order chi connectivity index (χ0) is 13.6. The second-order valence-corrected chi connectivity index (χ2v) is 6.36. The molecule has 4 atom stereocenters. The Morgan fingerprint density at radius 3 is 2.67 bits per heavy atom. The molecular weight excluding hydrogens is 351 g/mol. The van der Waals surface area contributed by atoms with Gasteiger partial charge >= 0.3 is 0 Å². The Labute approximate surface area is 120 Å². The standard InChI is InChI=1S/C12H19IO5/c1-8(14)4-5-12-6-9(7-13)16-11(12,3)18-17-10(12,2)15/h9,15H,4-7H2,1-3H3/t9-,10+,11+,12-/m1/s1. The lowest BCUT2D eigenvalue weighted by atomic mass is 9.68. The minimum atomic E-state index is -1.43. The van der Waals surface area contributed by atoms with Crippen LogP contribution in [0, 0.1) is 5.41 Å². The quantitative estimate of drug-likeness (QED) is 0.466. The highest BCUT2D eigenvalue weighted by atomic mass is 127. The van der Waals surface area contributed by atoms with Gasteiger partial charge in [0.2, 0.25) is 11.6 Å². The molecule has 2 aliphatic heterocycles. The van der Waals surface area contributed by atoms with Crippen LogP contribution in [0.3, 0.4) is 0 Å². The second-order valence-electron chi connectivity index (χ2n) is 5.48. The number of fused-ring (bicyclic) bond motifs is 1. The molecule has 2 fully saturated rings. The Morgan fingerprint density at radius 2 is 2.11 bits per heavy atom. The van der Waals surface area contributed by atoms with Crippen molar-refractivity contribution in [3.8, 4) is 0 Å². The molecule has 0 unspecified atom stereocenters. The zero-order valence-corrected chi connectivity index (χ0v) is 13.0. The van der Waals surface area contributed by atoms with E-state index in [9.17, 15) is 9.90 Å². The molecule has 5 nitrogen and oxygen atoms in total. The fourth-order valence-electron chi connectivity index (χ4n) is 3.03. The molecule has 0 saturated carbocycles. The van der Waals surface area contributed by atoms with Gasteiger partial charge < -0.3 is 14.6 Å². The van der Waals surface area contributed by atoms with Crippen LogP contribution < -0.4 is 0 Å². The largest absolute Gasteiger partial charge is 0.363 e. The third kappa shape index (κ3) is 2.02. The van der Waals surface area contributed by atoms with E-state index in [4.69, 9.17) is 14.5 Å². The first kappa shape index (κ1) is 14.6. The number of alkyl halides is 1. The summed E-state index contributed by atoms with van der Waals surface area (Å²) in [6.45, 7) is 4.91. The third-order valence-electron chi connectivity index (χ3n) is 4.16. The Morgan fingerprint density at radius 1 is 1.44 bits per heavy atom. The summed E-state index contributed by atoms with van der Waals surface area (Å²) in [4.78, 5) is 21.6. The van der Waals surface area contributed by atoms with Gasteiger partial charge in [0, 0.05) is 10.8 Å². The van der Waals surface area contributed by atoms with Crippen molar-refractivity contribution in [1.82, 2.24) is 0 Å². The topological polar surface area (TPSA) is 65.0 Å². The van der Waals surface area contributed by atoms with Crippen LogP contribution in [0.15, 0.2) is 0 Å². The molecule has 18 heavy (non-hydrogen) atoms. The van der Waals surface area contributed by atoms with E-state index in [-0.39, 0.29) is 11.9 Å². The molecule has 0 radical (unpaired) electrons. The highest BCUT2D eigenvalue weighted by molar-refractivity contribution is 14.1. The monoisotopic (exact) mass is 370 g/mol. The summed E-state index contributed by atoms with van der Waals surface area (Å²) >= 11 is 2.25. The van der Waals surface area contributed by atoms with E-state index in [2.05, 4.69) is 22.6 Å². The molecule has 0 spiro atoms. The van der Waals surface area contributed by atoms with Gasteiger partial charge in [-0.05, 0) is 33.6 Å². The number of hydrogen-bond donors (Lipinski definition) is 1. The maximum Gasteiger partial charge on any atom is 0.210 e. The lowest BCUT2D eigenvalue weighted by Gasteiger charge is -2.37. The third-order valence-corrected chi connectivity index (χ3v) is 5.15. The number of hydrogen-bond acceptors (Lipinski definition) is 5. The number of carbonyl (C=O) groups excluding carboxylic acids is 1. The van der Waals surface area contributed by atoms with Crippen LogP contribution in [-0.2, 0) is 19.3 Å². The molecule has 2 aliphatic rings. The highest BCUT2D eigenvalue weighted by Gasteiger charge is 2.72. The Hall–Kier alpha value is 0.240. The number of rotatable bonds is 4. The number of aliphatic hydroxyl groups is 1. The minimum absolute atomic E-state index is 0.0120. The molecule has 6 heteroatoms. The van der Waals surface area contributed by atoms with E-state index in [0.717, 1.165) is 4.43 Å². The van der Waals surface area contributed by atoms with Crippen molar-refractivity contribution in [1.29, 1.82) is 0 Å².